The van der Waals surface area contributed by atoms with Crippen LogP contribution in [0.3, 0.4) is 0 Å². The molecule has 4 N–H and O–H groups in total. The van der Waals surface area contributed by atoms with Crippen molar-refractivity contribution in [1.82, 2.24) is 15.3 Å². The first-order valence-corrected chi connectivity index (χ1v) is 5.91. The summed E-state index contributed by atoms with van der Waals surface area (Å²) in [5.41, 5.74) is 5.95. The summed E-state index contributed by atoms with van der Waals surface area (Å²) in [5.74, 6) is 0.162. The third-order valence-electron chi connectivity index (χ3n) is 2.86. The van der Waals surface area contributed by atoms with Crippen LogP contribution in [0.4, 0.5) is 0 Å². The van der Waals surface area contributed by atoms with Crippen LogP contribution >= 0.6 is 0 Å². The van der Waals surface area contributed by atoms with E-state index in [-0.39, 0.29) is 29.7 Å². The lowest BCUT2D eigenvalue weighted by atomic mass is 10.1. The van der Waals surface area contributed by atoms with E-state index in [1.807, 2.05) is 0 Å². The van der Waals surface area contributed by atoms with Gasteiger partial charge >= 0.3 is 0 Å². The zero-order valence-corrected chi connectivity index (χ0v) is 10.3. The number of aromatic nitrogens is 2. The molecule has 2 atom stereocenters. The fraction of sp³-hybridized carbons (Fsp3) is 0.636. The number of nitrogens with zero attached hydrogens (tertiary/aromatic N) is 2. The zero-order valence-electron chi connectivity index (χ0n) is 10.3. The van der Waals surface area contributed by atoms with Gasteiger partial charge in [0.25, 0.3) is 11.8 Å². The summed E-state index contributed by atoms with van der Waals surface area (Å²) >= 11 is 0. The van der Waals surface area contributed by atoms with Gasteiger partial charge in [-0.2, -0.15) is 9.97 Å². The zero-order chi connectivity index (χ0) is 13.0. The standard InChI is InChI=1S/C11H18N4O3/c1-17-9-10(16)14-6-15-11(9)18-8-4-7(12)2-3-13-5-8/h6-8,13H,2-5,12H2,1H3,(H,14,15,16). The highest BCUT2D eigenvalue weighted by Crippen LogP contribution is 2.32. The van der Waals surface area contributed by atoms with E-state index in [2.05, 4.69) is 15.3 Å². The van der Waals surface area contributed by atoms with Crippen LogP contribution in [0.25, 0.3) is 0 Å². The lowest BCUT2D eigenvalue weighted by molar-refractivity contribution is 0.171. The van der Waals surface area contributed by atoms with Crippen molar-refractivity contribution in [2.75, 3.05) is 20.2 Å². The van der Waals surface area contributed by atoms with Crippen LogP contribution in [0.15, 0.2) is 6.33 Å². The van der Waals surface area contributed by atoms with Gasteiger partial charge in [-0.15, -0.1) is 0 Å². The molecule has 0 aromatic carbocycles. The number of methoxy groups -OCH3 is 1. The van der Waals surface area contributed by atoms with Gasteiger partial charge in [-0.1, -0.05) is 0 Å². The van der Waals surface area contributed by atoms with E-state index >= 15 is 0 Å². The molecule has 2 unspecified atom stereocenters. The second-order valence-electron chi connectivity index (χ2n) is 4.26. The molecule has 0 amide bonds. The topological polar surface area (TPSA) is 103 Å². The first kappa shape index (κ1) is 12.8. The van der Waals surface area contributed by atoms with Gasteiger partial charge in [0.15, 0.2) is 0 Å². The number of nitrogens with two attached hydrogens (primary N) is 1. The van der Waals surface area contributed by atoms with E-state index in [1.54, 1.807) is 0 Å². The monoisotopic (exact) mass is 254 g/mol. The Morgan fingerprint density at radius 1 is 1.50 bits per heavy atom. The quantitative estimate of drug-likeness (QED) is 0.677. The maximum absolute atomic E-state index is 9.53. The smallest absolute Gasteiger partial charge is 0.264 e. The largest absolute Gasteiger partial charge is 0.490 e. The van der Waals surface area contributed by atoms with Crippen molar-refractivity contribution in [3.63, 3.8) is 0 Å². The fourth-order valence-corrected chi connectivity index (χ4v) is 1.95. The molecule has 1 aliphatic heterocycles. The Labute approximate surface area is 105 Å². The van der Waals surface area contributed by atoms with Gasteiger partial charge in [0.2, 0.25) is 5.75 Å². The predicted molar refractivity (Wildman–Crippen MR) is 64.7 cm³/mol. The number of aromatic hydroxyl groups is 1. The molecule has 0 radical (unpaired) electrons. The maximum Gasteiger partial charge on any atom is 0.264 e. The molecule has 7 heteroatoms. The van der Waals surface area contributed by atoms with Crippen molar-refractivity contribution in [3.05, 3.63) is 6.33 Å². The van der Waals surface area contributed by atoms with Crippen LogP contribution in [-0.2, 0) is 0 Å². The molecule has 100 valence electrons. The normalized spacial score (nSPS) is 24.3. The van der Waals surface area contributed by atoms with Crippen molar-refractivity contribution in [3.8, 4) is 17.5 Å². The third-order valence-corrected chi connectivity index (χ3v) is 2.86. The summed E-state index contributed by atoms with van der Waals surface area (Å²) in [6, 6.07) is 0.103. The van der Waals surface area contributed by atoms with Crippen molar-refractivity contribution in [1.29, 1.82) is 0 Å². The predicted octanol–water partition coefficient (Wildman–Crippen LogP) is -0.351. The minimum atomic E-state index is -0.228. The highest BCUT2D eigenvalue weighted by atomic mass is 16.5. The van der Waals surface area contributed by atoms with Crippen molar-refractivity contribution >= 4 is 0 Å². The Balaban J connectivity index is 2.10. The van der Waals surface area contributed by atoms with Crippen LogP contribution in [0.1, 0.15) is 12.8 Å². The molecule has 1 saturated heterocycles. The van der Waals surface area contributed by atoms with Crippen molar-refractivity contribution in [2.45, 2.75) is 25.0 Å². The molecular formula is C11H18N4O3. The molecule has 0 saturated carbocycles. The number of hydrogen-bond acceptors (Lipinski definition) is 7. The van der Waals surface area contributed by atoms with Crippen molar-refractivity contribution in [2.24, 2.45) is 5.73 Å². The van der Waals surface area contributed by atoms with E-state index < -0.39 is 0 Å². The molecule has 2 heterocycles. The highest BCUT2D eigenvalue weighted by Gasteiger charge is 2.22. The van der Waals surface area contributed by atoms with Crippen LogP contribution in [0.2, 0.25) is 0 Å². The summed E-state index contributed by atoms with van der Waals surface area (Å²) < 4.78 is 10.8. The van der Waals surface area contributed by atoms with Crippen LogP contribution < -0.4 is 20.5 Å². The van der Waals surface area contributed by atoms with E-state index in [9.17, 15) is 5.11 Å². The Morgan fingerprint density at radius 2 is 2.33 bits per heavy atom. The highest BCUT2D eigenvalue weighted by molar-refractivity contribution is 5.40. The first-order valence-electron chi connectivity index (χ1n) is 5.91. The number of nitrogens with one attached hydrogen (secondary N) is 1. The third kappa shape index (κ3) is 2.99. The van der Waals surface area contributed by atoms with Crippen LogP contribution in [-0.4, -0.2) is 47.4 Å². The van der Waals surface area contributed by atoms with Gasteiger partial charge in [-0.25, -0.2) is 0 Å². The van der Waals surface area contributed by atoms with E-state index in [0.717, 1.165) is 19.4 Å². The molecule has 0 aliphatic carbocycles. The lowest BCUT2D eigenvalue weighted by Gasteiger charge is -2.19. The Morgan fingerprint density at radius 3 is 3.11 bits per heavy atom. The molecule has 1 aliphatic rings. The minimum Gasteiger partial charge on any atom is -0.490 e. The SMILES string of the molecule is COc1c(O)ncnc1OC1CNCCC(N)C1. The molecule has 0 spiro atoms. The van der Waals surface area contributed by atoms with E-state index in [1.165, 1.54) is 13.4 Å². The Hall–Kier alpha value is -1.60. The summed E-state index contributed by atoms with van der Waals surface area (Å²) in [6.45, 7) is 1.58. The molecule has 1 aromatic rings. The van der Waals surface area contributed by atoms with Crippen LogP contribution in [0.5, 0.6) is 17.5 Å². The van der Waals surface area contributed by atoms with Gasteiger partial charge in [0, 0.05) is 19.0 Å². The van der Waals surface area contributed by atoms with Crippen molar-refractivity contribution < 1.29 is 14.6 Å². The van der Waals surface area contributed by atoms with Crippen LogP contribution in [0, 0.1) is 0 Å². The van der Waals surface area contributed by atoms with Gasteiger partial charge in [0.05, 0.1) is 7.11 Å². The molecule has 18 heavy (non-hydrogen) atoms. The van der Waals surface area contributed by atoms with Gasteiger partial charge < -0.3 is 25.6 Å². The summed E-state index contributed by atoms with van der Waals surface area (Å²) in [5, 5.41) is 12.8. The number of ether oxygens (including phenoxy) is 2. The molecule has 2 rings (SSSR count). The van der Waals surface area contributed by atoms with E-state index in [4.69, 9.17) is 15.2 Å². The number of hydrogen-bond donors (Lipinski definition) is 3. The second-order valence-corrected chi connectivity index (χ2v) is 4.26. The van der Waals surface area contributed by atoms with Gasteiger partial charge in [0.1, 0.15) is 12.4 Å². The summed E-state index contributed by atoms with van der Waals surface area (Å²) in [4.78, 5) is 7.61. The fourth-order valence-electron chi connectivity index (χ4n) is 1.95. The lowest BCUT2D eigenvalue weighted by Crippen LogP contribution is -2.32. The summed E-state index contributed by atoms with van der Waals surface area (Å²) in [7, 11) is 1.43. The van der Waals surface area contributed by atoms with E-state index in [0.29, 0.717) is 6.54 Å². The number of rotatable bonds is 3. The van der Waals surface area contributed by atoms with Gasteiger partial charge in [-0.05, 0) is 13.0 Å². The summed E-state index contributed by atoms with van der Waals surface area (Å²) in [6.07, 6.45) is 2.80. The molecule has 1 aromatic heterocycles. The first-order chi connectivity index (χ1) is 8.70. The molecule has 0 bridgehead atoms. The molecule has 7 nitrogen and oxygen atoms in total. The average Bonchev–Trinajstić information content (AvgIpc) is 2.54. The Kier molecular flexibility index (Phi) is 4.16. The average molecular weight is 254 g/mol. The second kappa shape index (κ2) is 5.83. The van der Waals surface area contributed by atoms with Gasteiger partial charge in [-0.3, -0.25) is 0 Å². The molecular weight excluding hydrogens is 236 g/mol. The minimum absolute atomic E-state index is 0.0919. The molecule has 1 fully saturated rings. The Bertz CT molecular complexity index is 402. The maximum atomic E-state index is 9.53.